The first-order valence-electron chi connectivity index (χ1n) is 10.6. The van der Waals surface area contributed by atoms with Crippen LogP contribution in [-0.2, 0) is 7.05 Å². The van der Waals surface area contributed by atoms with E-state index >= 15 is 0 Å². The fraction of sp³-hybridized carbons (Fsp3) is 0.192. The van der Waals surface area contributed by atoms with Gasteiger partial charge >= 0.3 is 0 Å². The van der Waals surface area contributed by atoms with Crippen LogP contribution < -0.4 is 10.5 Å². The number of aryl methyl sites for hydroxylation is 1. The van der Waals surface area contributed by atoms with Crippen LogP contribution in [0.5, 0.6) is 5.75 Å². The first-order chi connectivity index (χ1) is 15.5. The smallest absolute Gasteiger partial charge is 0.252 e. The van der Waals surface area contributed by atoms with E-state index in [0.29, 0.717) is 22.6 Å². The van der Waals surface area contributed by atoms with Gasteiger partial charge < -0.3 is 14.6 Å². The molecule has 1 N–H and O–H groups in total. The summed E-state index contributed by atoms with van der Waals surface area (Å²) in [5.74, 6) is 0.798. The van der Waals surface area contributed by atoms with Gasteiger partial charge in [-0.25, -0.2) is 4.98 Å². The zero-order valence-electron chi connectivity index (χ0n) is 17.7. The van der Waals surface area contributed by atoms with Gasteiger partial charge in [0.15, 0.2) is 0 Å². The minimum atomic E-state index is -0.115. The van der Waals surface area contributed by atoms with Crippen molar-refractivity contribution in [2.75, 3.05) is 11.4 Å². The Balaban J connectivity index is 1.63. The van der Waals surface area contributed by atoms with Crippen LogP contribution >= 0.6 is 0 Å². The van der Waals surface area contributed by atoms with Gasteiger partial charge in [0, 0.05) is 25.3 Å². The van der Waals surface area contributed by atoms with E-state index in [1.807, 2.05) is 36.4 Å². The van der Waals surface area contributed by atoms with Gasteiger partial charge in [0.05, 0.1) is 11.2 Å². The second-order valence-electron chi connectivity index (χ2n) is 8.25. The van der Waals surface area contributed by atoms with Crippen LogP contribution in [-0.4, -0.2) is 21.2 Å². The lowest BCUT2D eigenvalue weighted by molar-refractivity contribution is 0.475. The third-order valence-corrected chi connectivity index (χ3v) is 5.97. The predicted octanol–water partition coefficient (Wildman–Crippen LogP) is 4.73. The maximum Gasteiger partial charge on any atom is 0.252 e. The molecule has 1 saturated carbocycles. The summed E-state index contributed by atoms with van der Waals surface area (Å²) in [5.41, 5.74) is 5.16. The van der Waals surface area contributed by atoms with E-state index in [1.54, 1.807) is 41.9 Å². The average Bonchev–Trinajstić information content (AvgIpc) is 3.64. The maximum atomic E-state index is 12.7. The van der Waals surface area contributed by atoms with E-state index in [0.717, 1.165) is 41.9 Å². The molecular weight excluding hydrogens is 400 g/mol. The fourth-order valence-corrected chi connectivity index (χ4v) is 4.00. The summed E-state index contributed by atoms with van der Waals surface area (Å²) in [7, 11) is 1.72. The molecule has 0 amide bonds. The van der Waals surface area contributed by atoms with Gasteiger partial charge in [-0.1, -0.05) is 24.3 Å². The minimum Gasteiger partial charge on any atom is -0.508 e. The van der Waals surface area contributed by atoms with Crippen molar-refractivity contribution in [3.63, 3.8) is 0 Å². The number of phenols is 1. The van der Waals surface area contributed by atoms with Crippen LogP contribution in [0.2, 0.25) is 0 Å². The number of aromatic nitrogens is 2. The van der Waals surface area contributed by atoms with Crippen molar-refractivity contribution < 1.29 is 5.11 Å². The zero-order valence-corrected chi connectivity index (χ0v) is 17.7. The number of benzene rings is 2. The monoisotopic (exact) mass is 422 g/mol. The lowest BCUT2D eigenvalue weighted by atomic mass is 10.0. The van der Waals surface area contributed by atoms with Crippen molar-refractivity contribution in [3.05, 3.63) is 82.8 Å². The van der Waals surface area contributed by atoms with Crippen LogP contribution in [0.25, 0.3) is 22.2 Å². The third-order valence-electron chi connectivity index (χ3n) is 5.97. The number of anilines is 2. The number of fused-ring (bicyclic) bond motifs is 1. The number of phenolic OH excluding ortho intramolecular Hbond substituents is 1. The Hall–Kier alpha value is -4.11. The Morgan fingerprint density at radius 2 is 1.88 bits per heavy atom. The highest BCUT2D eigenvalue weighted by atomic mass is 16.3. The van der Waals surface area contributed by atoms with Crippen LogP contribution in [0.4, 0.5) is 11.4 Å². The van der Waals surface area contributed by atoms with Crippen LogP contribution in [0.3, 0.4) is 0 Å². The highest BCUT2D eigenvalue weighted by molar-refractivity contribution is 5.91. The summed E-state index contributed by atoms with van der Waals surface area (Å²) < 4.78 is 1.56. The molecule has 0 unspecified atom stereocenters. The Morgan fingerprint density at radius 3 is 2.56 bits per heavy atom. The number of hydrogen-bond donors (Lipinski definition) is 1. The molecule has 0 aliphatic heterocycles. The summed E-state index contributed by atoms with van der Waals surface area (Å²) in [6, 6.07) is 22.4. The molecule has 0 radical (unpaired) electrons. The summed E-state index contributed by atoms with van der Waals surface area (Å²) >= 11 is 0. The molecule has 2 aromatic carbocycles. The fourth-order valence-electron chi connectivity index (χ4n) is 4.00. The molecule has 4 aromatic rings. The summed E-state index contributed by atoms with van der Waals surface area (Å²) in [5, 5.41) is 19.2. The van der Waals surface area contributed by atoms with Gasteiger partial charge in [0.25, 0.3) is 5.56 Å². The van der Waals surface area contributed by atoms with Gasteiger partial charge in [-0.05, 0) is 66.3 Å². The molecule has 1 fully saturated rings. The molecule has 0 saturated heterocycles. The molecule has 158 valence electrons. The van der Waals surface area contributed by atoms with Gasteiger partial charge in [-0.2, -0.15) is 5.26 Å². The Morgan fingerprint density at radius 1 is 1.09 bits per heavy atom. The van der Waals surface area contributed by atoms with Crippen molar-refractivity contribution in [3.8, 4) is 22.9 Å². The second kappa shape index (κ2) is 7.86. The summed E-state index contributed by atoms with van der Waals surface area (Å²) in [4.78, 5) is 19.4. The predicted molar refractivity (Wildman–Crippen MR) is 125 cm³/mol. The number of nitriles is 1. The van der Waals surface area contributed by atoms with Gasteiger partial charge in [-0.3, -0.25) is 4.79 Å². The standard InChI is InChI=1S/C26H22N4O2/c1-29-23-12-9-20(15-27)28-26(23)24(14-25(29)32)30(16-17-5-6-17)21-10-7-18(8-11-21)19-3-2-4-22(31)13-19/h2-4,7-14,17,31H,5-6,16H2,1H3. The van der Waals surface area contributed by atoms with Crippen molar-refractivity contribution in [2.24, 2.45) is 13.0 Å². The SMILES string of the molecule is Cn1c(=O)cc(N(CC2CC2)c2ccc(-c3cccc(O)c3)cc2)c2nc(C#N)ccc21. The van der Waals surface area contributed by atoms with E-state index in [2.05, 4.69) is 16.0 Å². The van der Waals surface area contributed by atoms with Crippen molar-refractivity contribution in [1.82, 2.24) is 9.55 Å². The maximum absolute atomic E-state index is 12.7. The number of hydrogen-bond acceptors (Lipinski definition) is 5. The highest BCUT2D eigenvalue weighted by Gasteiger charge is 2.27. The second-order valence-corrected chi connectivity index (χ2v) is 8.25. The molecule has 0 spiro atoms. The van der Waals surface area contributed by atoms with Crippen molar-refractivity contribution in [1.29, 1.82) is 5.26 Å². The minimum absolute atomic E-state index is 0.115. The first kappa shape index (κ1) is 19.8. The molecule has 1 aliphatic rings. The quantitative estimate of drug-likeness (QED) is 0.503. The Labute approximate surface area is 185 Å². The largest absolute Gasteiger partial charge is 0.508 e. The van der Waals surface area contributed by atoms with E-state index in [9.17, 15) is 15.2 Å². The van der Waals surface area contributed by atoms with E-state index in [1.165, 1.54) is 0 Å². The number of rotatable bonds is 5. The van der Waals surface area contributed by atoms with E-state index < -0.39 is 0 Å². The molecule has 1 aliphatic carbocycles. The molecule has 0 atom stereocenters. The summed E-state index contributed by atoms with van der Waals surface area (Å²) in [6.45, 7) is 0.784. The molecule has 5 rings (SSSR count). The molecule has 0 bridgehead atoms. The molecule has 32 heavy (non-hydrogen) atoms. The Bertz CT molecular complexity index is 1410. The lowest BCUT2D eigenvalue weighted by Crippen LogP contribution is -2.25. The Kier molecular flexibility index (Phi) is 4.87. The lowest BCUT2D eigenvalue weighted by Gasteiger charge is -2.26. The molecular formula is C26H22N4O2. The molecule has 2 aromatic heterocycles. The van der Waals surface area contributed by atoms with Crippen molar-refractivity contribution in [2.45, 2.75) is 12.8 Å². The third kappa shape index (κ3) is 3.69. The van der Waals surface area contributed by atoms with E-state index in [-0.39, 0.29) is 11.3 Å². The molecule has 2 heterocycles. The topological polar surface area (TPSA) is 82.2 Å². The normalized spacial score (nSPS) is 13.1. The van der Waals surface area contributed by atoms with Gasteiger partial charge in [0.2, 0.25) is 0 Å². The van der Waals surface area contributed by atoms with Crippen LogP contribution in [0, 0.1) is 17.2 Å². The van der Waals surface area contributed by atoms with E-state index in [4.69, 9.17) is 0 Å². The number of aromatic hydroxyl groups is 1. The molecule has 6 heteroatoms. The zero-order chi connectivity index (χ0) is 22.2. The van der Waals surface area contributed by atoms with Crippen molar-refractivity contribution >= 4 is 22.4 Å². The van der Waals surface area contributed by atoms with Gasteiger partial charge in [-0.15, -0.1) is 0 Å². The molecule has 6 nitrogen and oxygen atoms in total. The van der Waals surface area contributed by atoms with Crippen LogP contribution in [0.15, 0.2) is 71.5 Å². The number of pyridine rings is 2. The first-order valence-corrected chi connectivity index (χ1v) is 10.6. The number of nitrogens with zero attached hydrogens (tertiary/aromatic N) is 4. The summed E-state index contributed by atoms with van der Waals surface area (Å²) in [6.07, 6.45) is 2.33. The highest BCUT2D eigenvalue weighted by Crippen LogP contribution is 2.37. The average molecular weight is 422 g/mol. The van der Waals surface area contributed by atoms with Crippen LogP contribution in [0.1, 0.15) is 18.5 Å². The van der Waals surface area contributed by atoms with Gasteiger partial charge in [0.1, 0.15) is 23.0 Å².